The van der Waals surface area contributed by atoms with Crippen molar-refractivity contribution >= 4 is 11.9 Å². The summed E-state index contributed by atoms with van der Waals surface area (Å²) >= 11 is 0. The van der Waals surface area contributed by atoms with Crippen molar-refractivity contribution in [3.8, 4) is 0 Å². The summed E-state index contributed by atoms with van der Waals surface area (Å²) in [5, 5.41) is 0. The van der Waals surface area contributed by atoms with Gasteiger partial charge in [-0.3, -0.25) is 4.79 Å². The summed E-state index contributed by atoms with van der Waals surface area (Å²) < 4.78 is 33.4. The molecule has 8 nitrogen and oxygen atoms in total. The van der Waals surface area contributed by atoms with Crippen LogP contribution in [0.2, 0.25) is 0 Å². The lowest BCUT2D eigenvalue weighted by molar-refractivity contribution is -0.389. The van der Waals surface area contributed by atoms with Crippen molar-refractivity contribution in [3.63, 3.8) is 0 Å². The first kappa shape index (κ1) is 25.8. The number of methoxy groups -OCH3 is 3. The normalized spacial score (nSPS) is 30.1. The van der Waals surface area contributed by atoms with Crippen LogP contribution in [0.25, 0.3) is 0 Å². The molecule has 0 saturated carbocycles. The van der Waals surface area contributed by atoms with Crippen LogP contribution < -0.4 is 0 Å². The Kier molecular flexibility index (Phi) is 9.53. The molecular formula is C21H38O8. The second kappa shape index (κ2) is 10.7. The van der Waals surface area contributed by atoms with Gasteiger partial charge in [0, 0.05) is 7.11 Å². The van der Waals surface area contributed by atoms with Crippen molar-refractivity contribution in [2.45, 2.75) is 90.3 Å². The standard InChI is InChI=1S/C21H38O8/c1-9-10-11-12-15-20(5,27-14-24-6)17(19(2,3)4)29-21(28-15,18(23)26-8)13-16(22)25-7/h15,17H,9-14H2,1-8H3/t15-,17?,20+,21?/m1/s1. The molecule has 29 heavy (non-hydrogen) atoms. The third-order valence-electron chi connectivity index (χ3n) is 5.25. The molecule has 1 fully saturated rings. The summed E-state index contributed by atoms with van der Waals surface area (Å²) in [6.07, 6.45) is 2.02. The molecule has 1 aliphatic rings. The van der Waals surface area contributed by atoms with Crippen molar-refractivity contribution in [1.82, 2.24) is 0 Å². The van der Waals surface area contributed by atoms with E-state index < -0.39 is 47.4 Å². The van der Waals surface area contributed by atoms with Crippen LogP contribution in [0.15, 0.2) is 0 Å². The maximum Gasteiger partial charge on any atom is 0.367 e. The molecule has 8 heteroatoms. The highest BCUT2D eigenvalue weighted by molar-refractivity contribution is 5.84. The van der Waals surface area contributed by atoms with Gasteiger partial charge in [-0.05, 0) is 18.8 Å². The predicted octanol–water partition coefficient (Wildman–Crippen LogP) is 3.21. The number of carbonyl (C=O) groups is 2. The Labute approximate surface area is 174 Å². The van der Waals surface area contributed by atoms with E-state index in [1.54, 1.807) is 7.11 Å². The van der Waals surface area contributed by atoms with Crippen molar-refractivity contribution in [3.05, 3.63) is 0 Å². The van der Waals surface area contributed by atoms with Gasteiger partial charge in [0.05, 0.1) is 26.4 Å². The average molecular weight is 419 g/mol. The maximum atomic E-state index is 12.8. The molecule has 0 N–H and O–H groups in total. The molecule has 0 radical (unpaired) electrons. The molecule has 0 aromatic heterocycles. The van der Waals surface area contributed by atoms with Crippen LogP contribution in [0.4, 0.5) is 0 Å². The average Bonchev–Trinajstić information content (AvgIpc) is 2.67. The number of carbonyl (C=O) groups excluding carboxylic acids is 2. The number of unbranched alkanes of at least 4 members (excludes halogenated alkanes) is 2. The third kappa shape index (κ3) is 6.13. The van der Waals surface area contributed by atoms with E-state index in [1.165, 1.54) is 14.2 Å². The van der Waals surface area contributed by atoms with Crippen LogP contribution in [0, 0.1) is 5.41 Å². The van der Waals surface area contributed by atoms with Crippen LogP contribution in [0.3, 0.4) is 0 Å². The highest BCUT2D eigenvalue weighted by Crippen LogP contribution is 2.47. The van der Waals surface area contributed by atoms with E-state index in [0.717, 1.165) is 19.3 Å². The largest absolute Gasteiger partial charge is 0.469 e. The Morgan fingerprint density at radius 1 is 1.03 bits per heavy atom. The van der Waals surface area contributed by atoms with E-state index in [4.69, 9.17) is 28.4 Å². The number of esters is 2. The second-order valence-corrected chi connectivity index (χ2v) is 8.70. The Bertz CT molecular complexity index is 543. The minimum atomic E-state index is -1.90. The fraction of sp³-hybridized carbons (Fsp3) is 0.905. The molecule has 0 aromatic rings. The molecule has 1 rings (SSSR count). The van der Waals surface area contributed by atoms with Gasteiger partial charge in [-0.1, -0.05) is 47.0 Å². The first-order chi connectivity index (χ1) is 13.5. The van der Waals surface area contributed by atoms with Gasteiger partial charge in [0.15, 0.2) is 0 Å². The zero-order valence-electron chi connectivity index (χ0n) is 19.2. The molecule has 170 valence electrons. The highest BCUT2D eigenvalue weighted by atomic mass is 16.8. The van der Waals surface area contributed by atoms with Crippen molar-refractivity contribution in [2.24, 2.45) is 5.41 Å². The van der Waals surface area contributed by atoms with Gasteiger partial charge in [-0.15, -0.1) is 0 Å². The van der Waals surface area contributed by atoms with Gasteiger partial charge in [0.1, 0.15) is 18.8 Å². The number of hydrogen-bond donors (Lipinski definition) is 0. The van der Waals surface area contributed by atoms with Crippen molar-refractivity contribution in [2.75, 3.05) is 28.1 Å². The highest BCUT2D eigenvalue weighted by Gasteiger charge is 2.62. The monoisotopic (exact) mass is 418 g/mol. The quantitative estimate of drug-likeness (QED) is 0.304. The minimum Gasteiger partial charge on any atom is -0.469 e. The van der Waals surface area contributed by atoms with Crippen LogP contribution >= 0.6 is 0 Å². The van der Waals surface area contributed by atoms with Crippen LogP contribution in [-0.2, 0) is 38.0 Å². The Morgan fingerprint density at radius 3 is 2.17 bits per heavy atom. The Balaban J connectivity index is 3.46. The lowest BCUT2D eigenvalue weighted by atomic mass is 9.74. The number of hydrogen-bond acceptors (Lipinski definition) is 8. The molecule has 0 bridgehead atoms. The fourth-order valence-corrected chi connectivity index (χ4v) is 3.84. The number of ether oxygens (including phenoxy) is 6. The van der Waals surface area contributed by atoms with E-state index in [1.807, 2.05) is 27.7 Å². The zero-order valence-corrected chi connectivity index (χ0v) is 19.2. The molecule has 0 amide bonds. The Morgan fingerprint density at radius 2 is 1.69 bits per heavy atom. The fourth-order valence-electron chi connectivity index (χ4n) is 3.84. The molecule has 2 unspecified atom stereocenters. The topological polar surface area (TPSA) is 89.5 Å². The molecule has 0 aliphatic carbocycles. The summed E-state index contributed by atoms with van der Waals surface area (Å²) in [5.41, 5.74) is -1.35. The molecular weight excluding hydrogens is 380 g/mol. The van der Waals surface area contributed by atoms with Crippen LogP contribution in [-0.4, -0.2) is 63.7 Å². The zero-order chi connectivity index (χ0) is 22.3. The molecule has 0 aromatic carbocycles. The first-order valence-corrected chi connectivity index (χ1v) is 10.1. The van der Waals surface area contributed by atoms with Gasteiger partial charge in [-0.2, -0.15) is 0 Å². The van der Waals surface area contributed by atoms with Crippen LogP contribution in [0.1, 0.15) is 66.7 Å². The van der Waals surface area contributed by atoms with Gasteiger partial charge in [0.25, 0.3) is 5.79 Å². The molecule has 0 spiro atoms. The molecule has 1 heterocycles. The predicted molar refractivity (Wildman–Crippen MR) is 106 cm³/mol. The second-order valence-electron chi connectivity index (χ2n) is 8.70. The summed E-state index contributed by atoms with van der Waals surface area (Å²) in [6, 6.07) is 0. The van der Waals surface area contributed by atoms with E-state index in [0.29, 0.717) is 6.42 Å². The summed E-state index contributed by atoms with van der Waals surface area (Å²) in [4.78, 5) is 24.9. The maximum absolute atomic E-state index is 12.8. The third-order valence-corrected chi connectivity index (χ3v) is 5.25. The van der Waals surface area contributed by atoms with E-state index in [2.05, 4.69) is 6.92 Å². The smallest absolute Gasteiger partial charge is 0.367 e. The van der Waals surface area contributed by atoms with Crippen molar-refractivity contribution < 1.29 is 38.0 Å². The SMILES string of the molecule is CCCCC[C@H]1OC(CC(=O)OC)(C(=O)OC)OC(C(C)(C)C)[C@@]1(C)OCOC. The Hall–Kier alpha value is -1.22. The molecule has 1 saturated heterocycles. The van der Waals surface area contributed by atoms with Crippen molar-refractivity contribution in [1.29, 1.82) is 0 Å². The summed E-state index contributed by atoms with van der Waals surface area (Å²) in [5.74, 6) is -3.30. The minimum absolute atomic E-state index is 0.0440. The lowest BCUT2D eigenvalue weighted by Crippen LogP contribution is -2.70. The lowest BCUT2D eigenvalue weighted by Gasteiger charge is -2.55. The molecule has 4 atom stereocenters. The van der Waals surface area contributed by atoms with Crippen LogP contribution in [0.5, 0.6) is 0 Å². The van der Waals surface area contributed by atoms with Gasteiger partial charge in [-0.25, -0.2) is 4.79 Å². The molecule has 1 aliphatic heterocycles. The van der Waals surface area contributed by atoms with Gasteiger partial charge in [0.2, 0.25) is 0 Å². The first-order valence-electron chi connectivity index (χ1n) is 10.1. The summed E-state index contributed by atoms with van der Waals surface area (Å²) in [6.45, 7) is 10.0. The number of rotatable bonds is 10. The van der Waals surface area contributed by atoms with E-state index in [9.17, 15) is 9.59 Å². The van der Waals surface area contributed by atoms with E-state index in [-0.39, 0.29) is 6.79 Å². The van der Waals surface area contributed by atoms with Gasteiger partial charge >= 0.3 is 11.9 Å². The van der Waals surface area contributed by atoms with Gasteiger partial charge < -0.3 is 28.4 Å². The van der Waals surface area contributed by atoms with E-state index >= 15 is 0 Å². The summed E-state index contributed by atoms with van der Waals surface area (Å²) in [7, 11) is 4.03.